The Kier molecular flexibility index (Phi) is 3.22. The summed E-state index contributed by atoms with van der Waals surface area (Å²) in [5.74, 6) is 0. The van der Waals surface area contributed by atoms with Gasteiger partial charge in [0.05, 0.1) is 4.70 Å². The number of halogens is 2. The van der Waals surface area contributed by atoms with E-state index in [0.29, 0.717) is 4.70 Å². The first-order valence-electron chi connectivity index (χ1n) is 6.22. The largest absolute Gasteiger partial charge is 0.348 e. The van der Waals surface area contributed by atoms with E-state index in [1.165, 1.54) is 17.8 Å². The molecule has 1 aliphatic rings. The first-order valence-corrected chi connectivity index (χ1v) is 7.03. The van der Waals surface area contributed by atoms with Crippen molar-refractivity contribution in [3.05, 3.63) is 22.0 Å². The van der Waals surface area contributed by atoms with E-state index in [4.69, 9.17) is 0 Å². The fraction of sp³-hybridized carbons (Fsp3) is 0.500. The van der Waals surface area contributed by atoms with E-state index in [-0.39, 0.29) is 11.2 Å². The number of aromatic nitrogens is 2. The van der Waals surface area contributed by atoms with Gasteiger partial charge in [-0.3, -0.25) is 4.79 Å². The van der Waals surface area contributed by atoms with Crippen LogP contribution >= 0.6 is 11.3 Å². The first-order chi connectivity index (χ1) is 9.15. The zero-order valence-electron chi connectivity index (χ0n) is 10.2. The zero-order chi connectivity index (χ0) is 13.4. The number of nitrogens with zero attached hydrogens (tertiary/aromatic N) is 2. The van der Waals surface area contributed by atoms with Crippen molar-refractivity contribution >= 4 is 26.8 Å². The summed E-state index contributed by atoms with van der Waals surface area (Å²) in [5, 5.41) is 0.721. The predicted molar refractivity (Wildman–Crippen MR) is 71.3 cm³/mol. The van der Waals surface area contributed by atoms with Crippen LogP contribution in [-0.2, 0) is 0 Å². The number of fused-ring (bicyclic) bond motifs is 1. The van der Waals surface area contributed by atoms with Crippen LogP contribution in [0, 0.1) is 0 Å². The number of hydrogen-bond acceptors (Lipinski definition) is 4. The second-order valence-corrected chi connectivity index (χ2v) is 5.59. The third kappa shape index (κ3) is 2.34. The minimum Gasteiger partial charge on any atom is -0.348 e. The normalized spacial score (nSPS) is 16.5. The molecule has 0 saturated carbocycles. The molecule has 2 aromatic rings. The Labute approximate surface area is 112 Å². The lowest BCUT2D eigenvalue weighted by molar-refractivity contribution is 0.153. The number of hydrogen-bond donors (Lipinski definition) is 1. The highest BCUT2D eigenvalue weighted by Gasteiger charge is 2.20. The topological polar surface area (TPSA) is 49.0 Å². The van der Waals surface area contributed by atoms with Gasteiger partial charge in [0.1, 0.15) is 0 Å². The van der Waals surface area contributed by atoms with Crippen LogP contribution in [0.3, 0.4) is 0 Å². The number of anilines is 1. The highest BCUT2D eigenvalue weighted by molar-refractivity contribution is 7.22. The van der Waals surface area contributed by atoms with Crippen LogP contribution in [-0.4, -0.2) is 23.1 Å². The first kappa shape index (κ1) is 12.5. The Morgan fingerprint density at radius 2 is 2.05 bits per heavy atom. The number of H-pyrrole nitrogens is 1. The molecule has 7 heteroatoms. The summed E-state index contributed by atoms with van der Waals surface area (Å²) >= 11 is 1.23. The van der Waals surface area contributed by atoms with Crippen molar-refractivity contribution in [2.24, 2.45) is 0 Å². The molecule has 1 aliphatic heterocycles. The Morgan fingerprint density at radius 1 is 1.32 bits per heavy atom. The van der Waals surface area contributed by atoms with Crippen molar-refractivity contribution in [3.8, 4) is 0 Å². The zero-order valence-corrected chi connectivity index (χ0v) is 11.0. The molecule has 0 atom stereocenters. The van der Waals surface area contributed by atoms with E-state index >= 15 is 0 Å². The van der Waals surface area contributed by atoms with Crippen LogP contribution in [0.1, 0.15) is 31.3 Å². The van der Waals surface area contributed by atoms with Crippen LogP contribution in [0.2, 0.25) is 0 Å². The lowest BCUT2D eigenvalue weighted by Gasteiger charge is -2.25. The van der Waals surface area contributed by atoms with Gasteiger partial charge in [-0.05, 0) is 19.3 Å². The summed E-state index contributed by atoms with van der Waals surface area (Å²) in [4.78, 5) is 20.3. The van der Waals surface area contributed by atoms with E-state index in [1.54, 1.807) is 0 Å². The summed E-state index contributed by atoms with van der Waals surface area (Å²) in [6.07, 6.45) is 0.725. The second kappa shape index (κ2) is 4.88. The van der Waals surface area contributed by atoms with E-state index < -0.39 is 12.0 Å². The molecule has 0 aliphatic carbocycles. The molecule has 4 nitrogen and oxygen atoms in total. The number of alkyl halides is 2. The fourth-order valence-electron chi connectivity index (χ4n) is 2.33. The van der Waals surface area contributed by atoms with Gasteiger partial charge in [0.2, 0.25) is 5.56 Å². The Balaban J connectivity index is 2.09. The highest BCUT2D eigenvalue weighted by Crippen LogP contribution is 2.34. The Bertz CT molecular complexity index is 646. The van der Waals surface area contributed by atoms with Gasteiger partial charge in [-0.1, -0.05) is 11.3 Å². The summed E-state index contributed by atoms with van der Waals surface area (Å²) in [5.41, 5.74) is -0.480. The third-order valence-corrected chi connectivity index (χ3v) is 4.43. The quantitative estimate of drug-likeness (QED) is 0.923. The molecular formula is C12H13F2N3OS. The summed E-state index contributed by atoms with van der Waals surface area (Å²) in [6.45, 7) is 1.79. The molecule has 2 aromatic heterocycles. The number of nitrogens with one attached hydrogen (secondary N) is 1. The molecule has 1 saturated heterocycles. The van der Waals surface area contributed by atoms with Gasteiger partial charge in [-0.2, -0.15) is 0 Å². The number of thiazole rings is 1. The van der Waals surface area contributed by atoms with Crippen molar-refractivity contribution < 1.29 is 8.78 Å². The molecule has 19 heavy (non-hydrogen) atoms. The average Bonchev–Trinajstić information content (AvgIpc) is 2.82. The fourth-order valence-corrected chi connectivity index (χ4v) is 3.42. The minimum absolute atomic E-state index is 0.223. The maximum atomic E-state index is 12.9. The van der Waals surface area contributed by atoms with Gasteiger partial charge < -0.3 is 9.88 Å². The molecule has 1 N–H and O–H groups in total. The van der Waals surface area contributed by atoms with Crippen LogP contribution in [0.15, 0.2) is 10.9 Å². The molecule has 1 fully saturated rings. The van der Waals surface area contributed by atoms with Crippen molar-refractivity contribution in [2.75, 3.05) is 18.0 Å². The van der Waals surface area contributed by atoms with Gasteiger partial charge in [-0.15, -0.1) is 0 Å². The smallest absolute Gasteiger partial charge is 0.265 e. The molecule has 0 unspecified atom stereocenters. The maximum absolute atomic E-state index is 12.9. The summed E-state index contributed by atoms with van der Waals surface area (Å²) in [6, 6.07) is 0.963. The molecule has 0 amide bonds. The molecular weight excluding hydrogens is 272 g/mol. The maximum Gasteiger partial charge on any atom is 0.265 e. The van der Waals surface area contributed by atoms with Gasteiger partial charge in [-0.25, -0.2) is 13.8 Å². The van der Waals surface area contributed by atoms with E-state index in [2.05, 4.69) is 14.9 Å². The van der Waals surface area contributed by atoms with Crippen molar-refractivity contribution in [1.82, 2.24) is 9.97 Å². The Morgan fingerprint density at radius 3 is 2.74 bits per heavy atom. The van der Waals surface area contributed by atoms with Gasteiger partial charge in [0.15, 0.2) is 10.8 Å². The van der Waals surface area contributed by atoms with E-state index in [1.807, 2.05) is 0 Å². The van der Waals surface area contributed by atoms with Crippen molar-refractivity contribution in [2.45, 2.75) is 25.7 Å². The molecule has 0 radical (unpaired) electrons. The Hall–Kier alpha value is -1.50. The monoisotopic (exact) mass is 285 g/mol. The number of pyridine rings is 1. The number of piperidine rings is 1. The van der Waals surface area contributed by atoms with Crippen LogP contribution in [0.4, 0.5) is 13.9 Å². The second-order valence-electron chi connectivity index (χ2n) is 4.61. The lowest BCUT2D eigenvalue weighted by Crippen LogP contribution is -2.29. The molecule has 0 bridgehead atoms. The third-order valence-electron chi connectivity index (χ3n) is 3.27. The van der Waals surface area contributed by atoms with Crippen LogP contribution in [0.25, 0.3) is 10.3 Å². The SMILES string of the molecule is O=c1cc(C(F)F)c2sc(N3CCCCC3)nc2[nH]1. The minimum atomic E-state index is -2.65. The lowest BCUT2D eigenvalue weighted by atomic mass is 10.1. The molecule has 3 rings (SSSR count). The van der Waals surface area contributed by atoms with Gasteiger partial charge in [0, 0.05) is 24.7 Å². The number of rotatable bonds is 2. The summed E-state index contributed by atoms with van der Waals surface area (Å²) in [7, 11) is 0. The van der Waals surface area contributed by atoms with Gasteiger partial charge in [0.25, 0.3) is 6.43 Å². The van der Waals surface area contributed by atoms with E-state index in [0.717, 1.165) is 37.1 Å². The summed E-state index contributed by atoms with van der Waals surface area (Å²) < 4.78 is 26.3. The average molecular weight is 285 g/mol. The molecule has 3 heterocycles. The number of aromatic amines is 1. The molecule has 0 aromatic carbocycles. The van der Waals surface area contributed by atoms with Gasteiger partial charge >= 0.3 is 0 Å². The van der Waals surface area contributed by atoms with Crippen LogP contribution < -0.4 is 10.5 Å². The van der Waals surface area contributed by atoms with Crippen molar-refractivity contribution in [3.63, 3.8) is 0 Å². The standard InChI is InChI=1S/C12H13F2N3OS/c13-10(14)7-6-8(18)15-11-9(7)19-12(16-11)17-4-2-1-3-5-17/h6,10H,1-5H2,(H,15,18). The highest BCUT2D eigenvalue weighted by atomic mass is 32.1. The molecule has 102 valence electrons. The van der Waals surface area contributed by atoms with E-state index in [9.17, 15) is 13.6 Å². The van der Waals surface area contributed by atoms with Crippen molar-refractivity contribution in [1.29, 1.82) is 0 Å². The van der Waals surface area contributed by atoms with Crippen LogP contribution in [0.5, 0.6) is 0 Å². The molecule has 0 spiro atoms. The predicted octanol–water partition coefficient (Wildman–Crippen LogP) is 2.91.